The zero-order valence-corrected chi connectivity index (χ0v) is 7.85. The predicted octanol–water partition coefficient (Wildman–Crippen LogP) is 0.781. The molecule has 0 bridgehead atoms. The van der Waals surface area contributed by atoms with E-state index in [0.717, 1.165) is 12.8 Å². The van der Waals surface area contributed by atoms with E-state index in [1.165, 1.54) is 0 Å². The molecule has 4 heteroatoms. The third-order valence-corrected chi connectivity index (χ3v) is 2.94. The second-order valence-corrected chi connectivity index (χ2v) is 3.80. The van der Waals surface area contributed by atoms with Crippen LogP contribution in [0.25, 0.3) is 0 Å². The molecule has 76 valence electrons. The van der Waals surface area contributed by atoms with Crippen LogP contribution in [-0.2, 0) is 9.59 Å². The first-order chi connectivity index (χ1) is 6.70. The van der Waals surface area contributed by atoms with Gasteiger partial charge in [-0.3, -0.25) is 4.79 Å². The highest BCUT2D eigenvalue weighted by atomic mass is 16.4. The molecule has 0 aromatic heterocycles. The van der Waals surface area contributed by atoms with E-state index in [-0.39, 0.29) is 11.9 Å². The number of carboxylic acids is 1. The van der Waals surface area contributed by atoms with Crippen LogP contribution in [0.5, 0.6) is 0 Å². The van der Waals surface area contributed by atoms with Gasteiger partial charge in [0, 0.05) is 12.5 Å². The van der Waals surface area contributed by atoms with Crippen molar-refractivity contribution in [2.45, 2.75) is 37.8 Å². The molecule has 0 aliphatic carbocycles. The summed E-state index contributed by atoms with van der Waals surface area (Å²) in [5.41, 5.74) is 0. The Labute approximate surface area is 82.2 Å². The molecule has 1 fully saturated rings. The van der Waals surface area contributed by atoms with Crippen LogP contribution in [0, 0.1) is 0 Å². The molecule has 2 aliphatic rings. The van der Waals surface area contributed by atoms with Crippen LogP contribution >= 0.6 is 0 Å². The van der Waals surface area contributed by atoms with E-state index in [2.05, 4.69) is 0 Å². The third kappa shape index (κ3) is 1.41. The lowest BCUT2D eigenvalue weighted by Gasteiger charge is -2.26. The Balaban J connectivity index is 2.22. The minimum absolute atomic E-state index is 0.0475. The molecule has 14 heavy (non-hydrogen) atoms. The quantitative estimate of drug-likeness (QED) is 0.629. The van der Waals surface area contributed by atoms with Gasteiger partial charge in [0.05, 0.1) is 0 Å². The smallest absolute Gasteiger partial charge is 0.326 e. The van der Waals surface area contributed by atoms with E-state index in [0.29, 0.717) is 12.8 Å². The van der Waals surface area contributed by atoms with Gasteiger partial charge in [-0.1, -0.05) is 12.2 Å². The van der Waals surface area contributed by atoms with Crippen LogP contribution < -0.4 is 0 Å². The van der Waals surface area contributed by atoms with E-state index in [1.54, 1.807) is 4.90 Å². The highest BCUT2D eigenvalue weighted by Gasteiger charge is 2.40. The van der Waals surface area contributed by atoms with Crippen LogP contribution in [0.2, 0.25) is 0 Å². The van der Waals surface area contributed by atoms with Crippen LogP contribution in [-0.4, -0.2) is 34.0 Å². The molecular formula is C10H13NO3. The van der Waals surface area contributed by atoms with Crippen molar-refractivity contribution in [1.29, 1.82) is 0 Å². The van der Waals surface area contributed by atoms with E-state index in [4.69, 9.17) is 5.11 Å². The van der Waals surface area contributed by atoms with Crippen molar-refractivity contribution in [3.63, 3.8) is 0 Å². The number of aliphatic carboxylic acids is 1. The first-order valence-electron chi connectivity index (χ1n) is 4.89. The number of carboxylic acid groups (broad SMARTS) is 1. The molecule has 1 saturated heterocycles. The van der Waals surface area contributed by atoms with E-state index in [9.17, 15) is 9.59 Å². The summed E-state index contributed by atoms with van der Waals surface area (Å²) in [6.45, 7) is 0. The average Bonchev–Trinajstić information content (AvgIpc) is 2.48. The van der Waals surface area contributed by atoms with Crippen LogP contribution in [0.15, 0.2) is 12.2 Å². The fourth-order valence-corrected chi connectivity index (χ4v) is 2.28. The molecule has 2 atom stereocenters. The maximum atomic E-state index is 11.6. The lowest BCUT2D eigenvalue weighted by molar-refractivity contribution is -0.149. The number of carbonyl (C=O) groups excluding carboxylic acids is 1. The minimum Gasteiger partial charge on any atom is -0.480 e. The van der Waals surface area contributed by atoms with Gasteiger partial charge in [0.15, 0.2) is 0 Å². The SMILES string of the molecule is O=C(O)[C@@H]1CC[C@@H]2CC=CCC(=O)N21. The number of rotatable bonds is 1. The lowest BCUT2D eigenvalue weighted by Crippen LogP contribution is -2.43. The second kappa shape index (κ2) is 3.44. The van der Waals surface area contributed by atoms with Gasteiger partial charge in [0.1, 0.15) is 6.04 Å². The van der Waals surface area contributed by atoms with E-state index in [1.807, 2.05) is 12.2 Å². The minimum atomic E-state index is -0.872. The molecule has 0 aromatic rings. The van der Waals surface area contributed by atoms with Crippen molar-refractivity contribution < 1.29 is 14.7 Å². The van der Waals surface area contributed by atoms with E-state index < -0.39 is 12.0 Å². The zero-order valence-electron chi connectivity index (χ0n) is 7.85. The van der Waals surface area contributed by atoms with Crippen LogP contribution in [0.4, 0.5) is 0 Å². The maximum Gasteiger partial charge on any atom is 0.326 e. The fourth-order valence-electron chi connectivity index (χ4n) is 2.28. The van der Waals surface area contributed by atoms with Gasteiger partial charge in [-0.05, 0) is 19.3 Å². The van der Waals surface area contributed by atoms with Crippen molar-refractivity contribution in [2.24, 2.45) is 0 Å². The molecule has 4 nitrogen and oxygen atoms in total. The summed E-state index contributed by atoms with van der Waals surface area (Å²) in [5, 5.41) is 8.95. The molecule has 0 saturated carbocycles. The summed E-state index contributed by atoms with van der Waals surface area (Å²) in [4.78, 5) is 24.1. The summed E-state index contributed by atoms with van der Waals surface area (Å²) in [5.74, 6) is -0.920. The van der Waals surface area contributed by atoms with Gasteiger partial charge in [-0.2, -0.15) is 0 Å². The average molecular weight is 195 g/mol. The Hall–Kier alpha value is -1.32. The molecule has 2 aliphatic heterocycles. The van der Waals surface area contributed by atoms with Gasteiger partial charge in [-0.15, -0.1) is 0 Å². The number of fused-ring (bicyclic) bond motifs is 1. The molecule has 0 spiro atoms. The topological polar surface area (TPSA) is 57.6 Å². The van der Waals surface area contributed by atoms with Crippen molar-refractivity contribution >= 4 is 11.9 Å². The lowest BCUT2D eigenvalue weighted by atomic mass is 10.1. The largest absolute Gasteiger partial charge is 0.480 e. The first-order valence-corrected chi connectivity index (χ1v) is 4.89. The Bertz CT molecular complexity index is 298. The molecule has 2 heterocycles. The second-order valence-electron chi connectivity index (χ2n) is 3.80. The molecule has 1 amide bonds. The highest BCUT2D eigenvalue weighted by molar-refractivity contribution is 5.85. The number of hydrogen-bond donors (Lipinski definition) is 1. The Morgan fingerprint density at radius 3 is 2.93 bits per heavy atom. The van der Waals surface area contributed by atoms with Gasteiger partial charge in [-0.25, -0.2) is 4.79 Å². The Morgan fingerprint density at radius 2 is 2.21 bits per heavy atom. The predicted molar refractivity (Wildman–Crippen MR) is 49.7 cm³/mol. The molecule has 0 unspecified atom stereocenters. The maximum absolute atomic E-state index is 11.6. The molecule has 0 radical (unpaired) electrons. The Morgan fingerprint density at radius 1 is 1.43 bits per heavy atom. The van der Waals surface area contributed by atoms with Gasteiger partial charge in [0.25, 0.3) is 0 Å². The van der Waals surface area contributed by atoms with Gasteiger partial charge >= 0.3 is 5.97 Å². The summed E-state index contributed by atoms with van der Waals surface area (Å²) < 4.78 is 0. The first kappa shape index (κ1) is 9.24. The summed E-state index contributed by atoms with van der Waals surface area (Å²) in [6, 6.07) is -0.477. The fraction of sp³-hybridized carbons (Fsp3) is 0.600. The summed E-state index contributed by atoms with van der Waals surface area (Å²) >= 11 is 0. The van der Waals surface area contributed by atoms with Gasteiger partial charge in [0.2, 0.25) is 5.91 Å². The zero-order chi connectivity index (χ0) is 10.1. The van der Waals surface area contributed by atoms with Crippen molar-refractivity contribution in [1.82, 2.24) is 4.90 Å². The number of carbonyl (C=O) groups is 2. The standard InChI is InChI=1S/C10H13NO3/c12-9-4-2-1-3-7-5-6-8(10(13)14)11(7)9/h1-2,7-8H,3-6H2,(H,13,14)/t7-,8-/m0/s1. The number of amides is 1. The van der Waals surface area contributed by atoms with E-state index >= 15 is 0 Å². The van der Waals surface area contributed by atoms with Gasteiger partial charge < -0.3 is 10.0 Å². The highest BCUT2D eigenvalue weighted by Crippen LogP contribution is 2.29. The summed E-state index contributed by atoms with van der Waals surface area (Å²) in [7, 11) is 0. The molecule has 1 N–H and O–H groups in total. The molecule has 2 rings (SSSR count). The molecular weight excluding hydrogens is 182 g/mol. The van der Waals surface area contributed by atoms with Crippen LogP contribution in [0.1, 0.15) is 25.7 Å². The normalized spacial score (nSPS) is 31.4. The number of hydrogen-bond acceptors (Lipinski definition) is 2. The molecule has 0 aromatic carbocycles. The number of nitrogens with zero attached hydrogens (tertiary/aromatic N) is 1. The summed E-state index contributed by atoms with van der Waals surface area (Å²) in [6.07, 6.45) is 6.37. The van der Waals surface area contributed by atoms with Crippen molar-refractivity contribution in [3.05, 3.63) is 12.2 Å². The van der Waals surface area contributed by atoms with Crippen molar-refractivity contribution in [3.8, 4) is 0 Å². The third-order valence-electron chi connectivity index (χ3n) is 2.94. The Kier molecular flexibility index (Phi) is 2.27. The monoisotopic (exact) mass is 195 g/mol. The van der Waals surface area contributed by atoms with Crippen LogP contribution in [0.3, 0.4) is 0 Å². The van der Waals surface area contributed by atoms with Crippen molar-refractivity contribution in [2.75, 3.05) is 0 Å².